The van der Waals surface area contributed by atoms with Crippen molar-refractivity contribution in [2.75, 3.05) is 11.9 Å². The van der Waals surface area contributed by atoms with Crippen molar-refractivity contribution in [3.63, 3.8) is 0 Å². The number of hydrazine groups is 2. The lowest BCUT2D eigenvalue weighted by Crippen LogP contribution is -2.50. The molecule has 2 aromatic rings. The number of halogens is 5. The number of hydrogen-bond acceptors (Lipinski definition) is 8. The zero-order valence-corrected chi connectivity index (χ0v) is 23.0. The highest BCUT2D eigenvalue weighted by atomic mass is 19.4. The molecule has 2 fully saturated rings. The molecule has 17 heteroatoms. The molecule has 1 aliphatic heterocycles. The number of rotatable bonds is 10. The van der Waals surface area contributed by atoms with Crippen LogP contribution in [0.3, 0.4) is 0 Å². The first kappa shape index (κ1) is 29.7. The van der Waals surface area contributed by atoms with Gasteiger partial charge >= 0.3 is 6.18 Å². The van der Waals surface area contributed by atoms with Crippen molar-refractivity contribution >= 4 is 23.3 Å². The van der Waals surface area contributed by atoms with Crippen molar-refractivity contribution in [2.24, 2.45) is 16.9 Å². The Balaban J connectivity index is 1.33. The summed E-state index contributed by atoms with van der Waals surface area (Å²) in [5.74, 6) is -4.45. The molecule has 0 spiro atoms. The van der Waals surface area contributed by atoms with Gasteiger partial charge in [-0.2, -0.15) is 23.4 Å². The van der Waals surface area contributed by atoms with Crippen molar-refractivity contribution in [3.8, 4) is 0 Å². The fourth-order valence-corrected chi connectivity index (χ4v) is 5.43. The maximum Gasteiger partial charge on any atom is 0.407 e. The van der Waals surface area contributed by atoms with E-state index < -0.39 is 61.3 Å². The van der Waals surface area contributed by atoms with E-state index in [9.17, 15) is 31.5 Å². The summed E-state index contributed by atoms with van der Waals surface area (Å²) in [6.45, 7) is 2.41. The predicted molar refractivity (Wildman–Crippen MR) is 140 cm³/mol. The van der Waals surface area contributed by atoms with Crippen LogP contribution in [0.1, 0.15) is 74.9 Å². The van der Waals surface area contributed by atoms with E-state index in [1.807, 2.05) is 13.8 Å². The van der Waals surface area contributed by atoms with Gasteiger partial charge in [0.25, 0.3) is 5.91 Å². The summed E-state index contributed by atoms with van der Waals surface area (Å²) in [5.41, 5.74) is 5.21. The first-order chi connectivity index (χ1) is 19.8. The van der Waals surface area contributed by atoms with E-state index in [0.717, 1.165) is 17.9 Å². The molecule has 0 saturated heterocycles. The Morgan fingerprint density at radius 2 is 1.83 bits per heavy atom. The van der Waals surface area contributed by atoms with Gasteiger partial charge in [0, 0.05) is 31.3 Å². The fraction of sp³-hybridized carbons (Fsp3) is 0.640. The molecule has 230 valence electrons. The van der Waals surface area contributed by atoms with Gasteiger partial charge in [-0.05, 0) is 57.4 Å². The van der Waals surface area contributed by atoms with E-state index in [-0.39, 0.29) is 42.0 Å². The monoisotopic (exact) mass is 600 g/mol. The Bertz CT molecular complexity index is 1310. The smallest absolute Gasteiger partial charge is 0.339 e. The average molecular weight is 601 g/mol. The van der Waals surface area contributed by atoms with Gasteiger partial charge in [-0.1, -0.05) is 0 Å². The van der Waals surface area contributed by atoms with Crippen LogP contribution in [0.5, 0.6) is 0 Å². The molecule has 2 amide bonds. The summed E-state index contributed by atoms with van der Waals surface area (Å²) in [5, 5.41) is 18.7. The lowest BCUT2D eigenvalue weighted by Gasteiger charge is -2.33. The zero-order valence-electron chi connectivity index (χ0n) is 23.0. The molecular formula is C25H33F5N10O2. The zero-order chi connectivity index (χ0) is 30.2. The van der Waals surface area contributed by atoms with Crippen molar-refractivity contribution in [2.45, 2.75) is 82.6 Å². The molecule has 3 aliphatic rings. The van der Waals surface area contributed by atoms with Gasteiger partial charge < -0.3 is 10.6 Å². The predicted octanol–water partition coefficient (Wildman–Crippen LogP) is 3.37. The van der Waals surface area contributed by atoms with Crippen LogP contribution in [-0.4, -0.2) is 66.9 Å². The number of hydrazone groups is 1. The van der Waals surface area contributed by atoms with Crippen LogP contribution in [-0.2, 0) is 4.79 Å². The normalized spacial score (nSPS) is 20.7. The minimum Gasteiger partial charge on any atom is -0.339 e. The van der Waals surface area contributed by atoms with E-state index >= 15 is 0 Å². The highest BCUT2D eigenvalue weighted by molar-refractivity contribution is 6.00. The Kier molecular flexibility index (Phi) is 8.13. The quantitative estimate of drug-likeness (QED) is 0.308. The molecule has 2 aliphatic carbocycles. The first-order valence-electron chi connectivity index (χ1n) is 13.8. The molecule has 12 nitrogen and oxygen atoms in total. The number of hydrogen-bond donors (Lipinski definition) is 4. The molecule has 2 saturated carbocycles. The standard InChI is InChI=1S/C25H33F5N10O2/c1-14(2)40-18(7-10-31-40)22(41)34-19(15-5-8-24(26,27)9-6-15)23(42)33-17-11-32-38(12-17)20(16-3-4-16)21-35-36-37-39(21)13-25(28,29)30/h7,10-12,14-16,19-20,36-37H,3-6,8-9,13H2,1-2H3,(H,33,42)(H,34,41)/t19-,20?/m0/s1. The molecule has 0 bridgehead atoms. The maximum atomic E-state index is 13.9. The maximum absolute atomic E-state index is 13.9. The second-order valence-corrected chi connectivity index (χ2v) is 11.3. The molecule has 2 aromatic heterocycles. The third-order valence-electron chi connectivity index (χ3n) is 7.65. The lowest BCUT2D eigenvalue weighted by molar-refractivity contribution is -0.143. The van der Waals surface area contributed by atoms with E-state index in [0.29, 0.717) is 0 Å². The van der Waals surface area contributed by atoms with Crippen molar-refractivity contribution in [1.82, 2.24) is 41.0 Å². The molecule has 5 rings (SSSR count). The van der Waals surface area contributed by atoms with Crippen LogP contribution in [0.25, 0.3) is 0 Å². The molecule has 3 heterocycles. The van der Waals surface area contributed by atoms with E-state index in [1.165, 1.54) is 34.0 Å². The van der Waals surface area contributed by atoms with Gasteiger partial charge in [0.2, 0.25) is 11.8 Å². The molecule has 42 heavy (non-hydrogen) atoms. The van der Waals surface area contributed by atoms with Gasteiger partial charge in [-0.15, -0.1) is 10.6 Å². The molecule has 4 N–H and O–H groups in total. The number of nitrogens with one attached hydrogen (secondary N) is 4. The average Bonchev–Trinajstić information content (AvgIpc) is 3.25. The third kappa shape index (κ3) is 6.82. The topological polar surface area (TPSA) is 134 Å². The Morgan fingerprint density at radius 1 is 1.12 bits per heavy atom. The fourth-order valence-electron chi connectivity index (χ4n) is 5.43. The van der Waals surface area contributed by atoms with Crippen LogP contribution < -0.4 is 21.7 Å². The number of anilines is 1. The number of aromatic nitrogens is 4. The van der Waals surface area contributed by atoms with Crippen LogP contribution in [0.2, 0.25) is 0 Å². The molecule has 0 aromatic carbocycles. The number of carbonyl (C=O) groups is 2. The summed E-state index contributed by atoms with van der Waals surface area (Å²) >= 11 is 0. The van der Waals surface area contributed by atoms with Gasteiger partial charge in [0.1, 0.15) is 24.3 Å². The van der Waals surface area contributed by atoms with Gasteiger partial charge in [0.15, 0.2) is 5.84 Å². The van der Waals surface area contributed by atoms with Gasteiger partial charge in [-0.3, -0.25) is 24.0 Å². The summed E-state index contributed by atoms with van der Waals surface area (Å²) in [4.78, 5) is 26.7. The summed E-state index contributed by atoms with van der Waals surface area (Å²) in [6.07, 6.45) is 0.602. The van der Waals surface area contributed by atoms with E-state index in [2.05, 4.69) is 37.0 Å². The Morgan fingerprint density at radius 3 is 2.48 bits per heavy atom. The SMILES string of the molecule is CC(C)n1nccc1C(=O)N[C@H](C(=O)Nc1cnn(C(C2=NNNN2CC(F)(F)F)C2CC2)c1)C1CCC(F)(F)CC1. The van der Waals surface area contributed by atoms with Gasteiger partial charge in [0.05, 0.1) is 11.9 Å². The highest BCUT2D eigenvalue weighted by Gasteiger charge is 2.44. The van der Waals surface area contributed by atoms with Gasteiger partial charge in [-0.25, -0.2) is 14.3 Å². The van der Waals surface area contributed by atoms with E-state index in [1.54, 1.807) is 0 Å². The van der Waals surface area contributed by atoms with E-state index in [4.69, 9.17) is 0 Å². The number of amidine groups is 1. The number of carbonyl (C=O) groups excluding carboxylic acids is 2. The summed E-state index contributed by atoms with van der Waals surface area (Å²) < 4.78 is 70.1. The number of amides is 2. The second kappa shape index (κ2) is 11.5. The number of alkyl halides is 5. The minimum absolute atomic E-state index is 0.00798. The Hall–Kier alpha value is -3.76. The van der Waals surface area contributed by atoms with Crippen LogP contribution in [0, 0.1) is 11.8 Å². The molecule has 0 radical (unpaired) electrons. The van der Waals surface area contributed by atoms with Crippen molar-refractivity contribution in [3.05, 3.63) is 30.4 Å². The molecular weight excluding hydrogens is 567 g/mol. The molecule has 1 unspecified atom stereocenters. The number of nitrogens with zero attached hydrogens (tertiary/aromatic N) is 6. The van der Waals surface area contributed by atoms with Crippen molar-refractivity contribution in [1.29, 1.82) is 0 Å². The van der Waals surface area contributed by atoms with Crippen LogP contribution >= 0.6 is 0 Å². The third-order valence-corrected chi connectivity index (χ3v) is 7.65. The largest absolute Gasteiger partial charge is 0.407 e. The highest BCUT2D eigenvalue weighted by Crippen LogP contribution is 2.42. The summed E-state index contributed by atoms with van der Waals surface area (Å²) in [7, 11) is 0. The lowest BCUT2D eigenvalue weighted by atomic mass is 9.81. The Labute approximate surface area is 238 Å². The van der Waals surface area contributed by atoms with Crippen LogP contribution in [0.15, 0.2) is 29.8 Å². The minimum atomic E-state index is -4.48. The summed E-state index contributed by atoms with van der Waals surface area (Å²) in [6, 6.07) is -0.373. The van der Waals surface area contributed by atoms with Crippen molar-refractivity contribution < 1.29 is 31.5 Å². The van der Waals surface area contributed by atoms with Crippen LogP contribution in [0.4, 0.5) is 27.6 Å². The second-order valence-electron chi connectivity index (χ2n) is 11.3. The first-order valence-corrected chi connectivity index (χ1v) is 13.8. The molecule has 2 atom stereocenters.